The van der Waals surface area contributed by atoms with Crippen molar-refractivity contribution in [3.63, 3.8) is 0 Å². The zero-order chi connectivity index (χ0) is 70.7. The van der Waals surface area contributed by atoms with Crippen molar-refractivity contribution < 1.29 is 62.6 Å². The molecule has 24 nitrogen and oxygen atoms in total. The van der Waals surface area contributed by atoms with E-state index in [9.17, 15) is 4.79 Å². The molecule has 27 N–H and O–H groups in total. The van der Waals surface area contributed by atoms with Gasteiger partial charge in [0.05, 0.1) is 5.60 Å². The molecule has 24 heteroatoms. The number of nitrogens with zero attached hydrogens (tertiary/aromatic N) is 1. The predicted molar refractivity (Wildman–Crippen MR) is 385 cm³/mol. The molecule has 1 aliphatic rings. The van der Waals surface area contributed by atoms with Crippen LogP contribution in [0.1, 0.15) is 188 Å². The van der Waals surface area contributed by atoms with Crippen LogP contribution in [0.2, 0.25) is 0 Å². The van der Waals surface area contributed by atoms with Crippen LogP contribution in [-0.2, 0) is 70.3 Å². The molecule has 0 aliphatic carbocycles. The zero-order valence-electron chi connectivity index (χ0n) is 61.3. The summed E-state index contributed by atoms with van der Waals surface area (Å²) in [6.45, 7) is 64.3. The lowest BCUT2D eigenvalue weighted by Gasteiger charge is -2.24. The molecule has 0 saturated carbocycles. The van der Waals surface area contributed by atoms with Gasteiger partial charge in [-0.15, -0.1) is 0 Å². The number of nitrogens with two attached hydrogens (primary N) is 4. The van der Waals surface area contributed by atoms with Gasteiger partial charge in [0.1, 0.15) is 67.9 Å². The average Bonchev–Trinajstić information content (AvgIpc) is 3.55. The van der Waals surface area contributed by atoms with Crippen LogP contribution in [0, 0.1) is 17.8 Å². The Bertz CT molecular complexity index is 1030. The van der Waals surface area contributed by atoms with Crippen LogP contribution in [0.25, 0.3) is 0 Å². The van der Waals surface area contributed by atoms with E-state index in [2.05, 4.69) is 168 Å². The molecule has 2 aromatic carbocycles. The Hall–Kier alpha value is -5.87. The van der Waals surface area contributed by atoms with Crippen molar-refractivity contribution in [2.45, 2.75) is 202 Å². The third-order valence-corrected chi connectivity index (χ3v) is 7.33. The summed E-state index contributed by atoms with van der Waals surface area (Å²) in [5.74, 6) is 2.88. The minimum atomic E-state index is -0.167. The van der Waals surface area contributed by atoms with E-state index in [4.69, 9.17) is 57.8 Å². The van der Waals surface area contributed by atoms with Gasteiger partial charge in [-0.2, -0.15) is 0 Å². The number of carbonyl (C=O) groups excluding carboxylic acids is 11. The van der Waals surface area contributed by atoms with E-state index in [0.29, 0.717) is 0 Å². The van der Waals surface area contributed by atoms with Gasteiger partial charge in [0.15, 0.2) is 0 Å². The number of aliphatic hydroxyl groups is 1. The molecule has 1 aliphatic heterocycles. The maximum Gasteiger partial charge on any atom is 0.219 e. The summed E-state index contributed by atoms with van der Waals surface area (Å²) in [5.41, 5.74) is 20.9. The Labute approximate surface area is 538 Å². The SMILES string of the molecule is C=O.C=O.C=O.C=O.C=O.C=O.C=O.C=O.C=O.C=O.CC.CC(=O)N1CCCCC1.CC(C)O.CCC(C)C.CCC(C)C.CCC(C)C.CCOC(C)(C)C.CCc1ccccc1.CCc1ccccc1.CN.CN.CN.CN.N.N.N.N.N.N. The Balaban J connectivity index is -0.0000000191. The largest absolute Gasteiger partial charge is 0.394 e. The number of likely N-dealkylation sites (tertiary alicyclic amines) is 1. The number of aryl methyl sites for hydroxylation is 2. The first-order chi connectivity index (χ1) is 38.8. The van der Waals surface area contributed by atoms with Gasteiger partial charge in [0.25, 0.3) is 0 Å². The summed E-state index contributed by atoms with van der Waals surface area (Å²) in [6, 6.07) is 20.9. The highest BCUT2D eigenvalue weighted by molar-refractivity contribution is 5.73. The van der Waals surface area contributed by atoms with Crippen molar-refractivity contribution in [2.24, 2.45) is 40.7 Å². The number of piperidine rings is 1. The van der Waals surface area contributed by atoms with Crippen molar-refractivity contribution in [1.29, 1.82) is 0 Å². The van der Waals surface area contributed by atoms with Crippen LogP contribution in [-0.4, -0.2) is 143 Å². The van der Waals surface area contributed by atoms with Gasteiger partial charge < -0.3 is 123 Å². The lowest BCUT2D eigenvalue weighted by molar-refractivity contribution is -0.129. The van der Waals surface area contributed by atoms with Gasteiger partial charge in [-0.25, -0.2) is 0 Å². The Morgan fingerprint density at radius 1 is 0.437 bits per heavy atom. The second-order valence-corrected chi connectivity index (χ2v) is 15.3. The van der Waals surface area contributed by atoms with Gasteiger partial charge in [0, 0.05) is 32.7 Å². The zero-order valence-corrected chi connectivity index (χ0v) is 61.3. The average molecular weight is 1270 g/mol. The summed E-state index contributed by atoms with van der Waals surface area (Å²) in [7, 11) is 6.00. The molecule has 0 bridgehead atoms. The smallest absolute Gasteiger partial charge is 0.219 e. The van der Waals surface area contributed by atoms with E-state index in [1.165, 1.54) is 77.8 Å². The van der Waals surface area contributed by atoms with E-state index in [-0.39, 0.29) is 54.5 Å². The highest BCUT2D eigenvalue weighted by Gasteiger charge is 2.11. The van der Waals surface area contributed by atoms with Crippen LogP contribution >= 0.6 is 0 Å². The number of amides is 1. The molecule has 87 heavy (non-hydrogen) atoms. The van der Waals surface area contributed by atoms with Crippen molar-refractivity contribution in [2.75, 3.05) is 47.9 Å². The Kier molecular flexibility index (Phi) is 465. The van der Waals surface area contributed by atoms with E-state index < -0.39 is 0 Å². The summed E-state index contributed by atoms with van der Waals surface area (Å²) in [4.78, 5) is 92.6. The number of aliphatic hydroxyl groups excluding tert-OH is 1. The Morgan fingerprint density at radius 2 is 0.598 bits per heavy atom. The molecule has 1 heterocycles. The molecule has 1 fully saturated rings. The molecular weight excluding hydrogens is 1120 g/mol. The minimum absolute atomic E-state index is 0. The van der Waals surface area contributed by atoms with Crippen LogP contribution in [0.3, 0.4) is 0 Å². The number of hydrogen-bond donors (Lipinski definition) is 11. The molecule has 0 aromatic heterocycles. The first-order valence-electron chi connectivity index (χ1n) is 26.6. The number of rotatable bonds is 6. The molecule has 2 aromatic rings. The molecule has 3 rings (SSSR count). The van der Waals surface area contributed by atoms with Crippen LogP contribution < -0.4 is 59.8 Å². The highest BCUT2D eigenvalue weighted by Crippen LogP contribution is 2.08. The lowest BCUT2D eigenvalue weighted by atomic mass is 10.1. The third-order valence-electron chi connectivity index (χ3n) is 7.33. The fourth-order valence-electron chi connectivity index (χ4n) is 3.07. The second-order valence-electron chi connectivity index (χ2n) is 15.3. The number of hydrogen-bond acceptors (Lipinski definition) is 23. The molecule has 0 unspecified atom stereocenters. The first kappa shape index (κ1) is 171. The van der Waals surface area contributed by atoms with Crippen molar-refractivity contribution in [3.05, 3.63) is 71.8 Å². The standard InChI is InChI=1S/2C8H10.C7H13NO.C6H14O.3C5H12.C3H8O.C2H6.4CH5N.10CH2O.6H3N/c2*1-2-8-6-4-3-5-7-8;1-7(9)8-5-3-2-4-6-8;1-5-7-6(2,3)4;3*1-4-5(2)3;1-3(2)4;15*1-2;;;;;;/h2*3-7H,2H2,1H3;2-6H2,1H3;5H2,1-4H3;3*5H,4H2,1-3H3;3-4H,1-2H3;1-2H3;4*2H2,1H3;10*1H2;6*1H3. The van der Waals surface area contributed by atoms with Gasteiger partial charge in [-0.1, -0.05) is 170 Å². The number of benzene rings is 2. The van der Waals surface area contributed by atoms with Gasteiger partial charge >= 0.3 is 0 Å². The van der Waals surface area contributed by atoms with Crippen LogP contribution in [0.15, 0.2) is 60.7 Å². The van der Waals surface area contributed by atoms with Crippen LogP contribution in [0.4, 0.5) is 0 Å². The molecule has 0 spiro atoms. The molecule has 0 atom stereocenters. The number of carbonyl (C=O) groups is 11. The quantitative estimate of drug-likeness (QED) is 0.128. The highest BCUT2D eigenvalue weighted by atomic mass is 16.5. The second kappa shape index (κ2) is 236. The summed E-state index contributed by atoms with van der Waals surface area (Å²) >= 11 is 0. The van der Waals surface area contributed by atoms with Gasteiger partial charge in [-0.05, 0) is 131 Å². The first-order valence-corrected chi connectivity index (χ1v) is 26.6. The molecular formula is C63H155N11O13. The summed E-state index contributed by atoms with van der Waals surface area (Å²) < 4.78 is 5.23. The molecule has 1 amide bonds. The Morgan fingerprint density at radius 3 is 0.667 bits per heavy atom. The summed E-state index contributed by atoms with van der Waals surface area (Å²) in [6.07, 6.45) is 9.71. The van der Waals surface area contributed by atoms with Gasteiger partial charge in [-0.3, -0.25) is 4.79 Å². The van der Waals surface area contributed by atoms with Crippen molar-refractivity contribution >= 4 is 73.8 Å². The topological polar surface area (TPSA) is 535 Å². The van der Waals surface area contributed by atoms with Crippen molar-refractivity contribution in [1.82, 2.24) is 41.8 Å². The van der Waals surface area contributed by atoms with E-state index in [1.54, 1.807) is 20.8 Å². The fraction of sp³-hybridized carbons (Fsp3) is 0.635. The monoisotopic (exact) mass is 1270 g/mol. The predicted octanol–water partition coefficient (Wildman–Crippen LogP) is 12.3. The van der Waals surface area contributed by atoms with Gasteiger partial charge in [0.2, 0.25) is 5.91 Å². The summed E-state index contributed by atoms with van der Waals surface area (Å²) in [5, 5.41) is 8.06. The minimum Gasteiger partial charge on any atom is -0.394 e. The van der Waals surface area contributed by atoms with Crippen molar-refractivity contribution in [3.8, 4) is 0 Å². The molecule has 540 valence electrons. The lowest BCUT2D eigenvalue weighted by Crippen LogP contribution is -2.33. The fourth-order valence-corrected chi connectivity index (χ4v) is 3.07. The molecule has 1 saturated heterocycles. The van der Waals surface area contributed by atoms with E-state index in [0.717, 1.165) is 50.3 Å². The maximum absolute atomic E-state index is 10.7. The normalized spacial score (nSPS) is 7.57. The molecule has 0 radical (unpaired) electrons. The van der Waals surface area contributed by atoms with Crippen LogP contribution in [0.5, 0.6) is 0 Å². The number of ether oxygens (including phenoxy) is 1. The van der Waals surface area contributed by atoms with E-state index in [1.807, 2.05) is 106 Å². The maximum atomic E-state index is 10.7. The third kappa shape index (κ3) is 375. The van der Waals surface area contributed by atoms with E-state index >= 15 is 0 Å².